The van der Waals surface area contributed by atoms with E-state index in [-0.39, 0.29) is 30.1 Å². The van der Waals surface area contributed by atoms with Crippen molar-refractivity contribution >= 4 is 38.4 Å². The van der Waals surface area contributed by atoms with E-state index in [0.29, 0.717) is 21.7 Å². The molecule has 5 rings (SSSR count). The van der Waals surface area contributed by atoms with E-state index in [4.69, 9.17) is 4.84 Å². The molecule has 1 aromatic carbocycles. The molecule has 2 N–H and O–H groups in total. The summed E-state index contributed by atoms with van der Waals surface area (Å²) in [5.41, 5.74) is 0.432. The molecule has 2 atom stereocenters. The highest BCUT2D eigenvalue weighted by Crippen LogP contribution is 2.38. The van der Waals surface area contributed by atoms with Crippen molar-refractivity contribution in [2.75, 3.05) is 13.2 Å². The van der Waals surface area contributed by atoms with Gasteiger partial charge in [-0.25, -0.2) is 9.86 Å². The van der Waals surface area contributed by atoms with Crippen LogP contribution >= 0.6 is 11.3 Å². The Bertz CT molecular complexity index is 1600. The molecule has 0 aliphatic carbocycles. The van der Waals surface area contributed by atoms with Crippen molar-refractivity contribution in [3.63, 3.8) is 0 Å². The number of aromatic nitrogens is 3. The Labute approximate surface area is 196 Å². The molecular weight excluding hydrogens is 458 g/mol. The van der Waals surface area contributed by atoms with Gasteiger partial charge in [0.25, 0.3) is 11.5 Å². The summed E-state index contributed by atoms with van der Waals surface area (Å²) in [6.07, 6.45) is 1.66. The molecule has 1 fully saturated rings. The zero-order valence-corrected chi connectivity index (χ0v) is 19.3. The number of carbonyl (C=O) groups excluding carboxylic acids is 1. The molecule has 4 aromatic rings. The Morgan fingerprint density at radius 2 is 2.18 bits per heavy atom. The minimum atomic E-state index is -0.815. The van der Waals surface area contributed by atoms with Crippen LogP contribution in [0.25, 0.3) is 21.1 Å². The van der Waals surface area contributed by atoms with Gasteiger partial charge in [-0.2, -0.15) is 5.26 Å². The Kier molecular flexibility index (Phi) is 5.36. The molecule has 0 radical (unpaired) electrons. The summed E-state index contributed by atoms with van der Waals surface area (Å²) in [5, 5.41) is 21.2. The van der Waals surface area contributed by atoms with Crippen molar-refractivity contribution in [3.05, 3.63) is 67.3 Å². The summed E-state index contributed by atoms with van der Waals surface area (Å²) in [6.45, 7) is 1.94. The van der Waals surface area contributed by atoms with Crippen molar-refractivity contribution in [3.8, 4) is 6.07 Å². The number of β-amino-alcohol motifs (C(OH)–C–C–N with tert-alkyl or cyclic N) is 1. The second kappa shape index (κ2) is 8.25. The number of amides is 1. The molecule has 0 bridgehead atoms. The van der Waals surface area contributed by atoms with Crippen LogP contribution in [0.3, 0.4) is 0 Å². The van der Waals surface area contributed by atoms with E-state index in [9.17, 15) is 24.8 Å². The summed E-state index contributed by atoms with van der Waals surface area (Å²) in [7, 11) is 1.35. The molecule has 0 spiro atoms. The van der Waals surface area contributed by atoms with Crippen LogP contribution in [0.1, 0.15) is 40.2 Å². The minimum absolute atomic E-state index is 0.0144. The van der Waals surface area contributed by atoms with Crippen molar-refractivity contribution in [2.45, 2.75) is 25.5 Å². The predicted molar refractivity (Wildman–Crippen MR) is 126 cm³/mol. The quantitative estimate of drug-likeness (QED) is 0.459. The fraction of sp³-hybridized carbons (Fsp3) is 0.304. The lowest BCUT2D eigenvalue weighted by molar-refractivity contribution is -0.0779. The first kappa shape index (κ1) is 22.1. The molecular formula is C23H21N5O5S. The summed E-state index contributed by atoms with van der Waals surface area (Å²) in [5.74, 6) is -0.538. The first-order chi connectivity index (χ1) is 16.3. The van der Waals surface area contributed by atoms with Crippen LogP contribution in [0, 0.1) is 11.3 Å². The summed E-state index contributed by atoms with van der Waals surface area (Å²) in [4.78, 5) is 48.0. The van der Waals surface area contributed by atoms with E-state index < -0.39 is 23.3 Å². The molecule has 1 amide bonds. The molecule has 1 saturated heterocycles. The fourth-order valence-electron chi connectivity index (χ4n) is 4.38. The van der Waals surface area contributed by atoms with Crippen molar-refractivity contribution in [2.24, 2.45) is 7.05 Å². The van der Waals surface area contributed by atoms with Crippen molar-refractivity contribution in [1.29, 1.82) is 5.26 Å². The van der Waals surface area contributed by atoms with Gasteiger partial charge >= 0.3 is 5.69 Å². The lowest BCUT2D eigenvalue weighted by Gasteiger charge is -2.21. The lowest BCUT2D eigenvalue weighted by atomic mass is 10.0. The highest BCUT2D eigenvalue weighted by Gasteiger charge is 2.34. The number of thiophene rings is 1. The standard InChI is InChI=1S/C23H21N5O5S/c1-3-15(27-7-6-13-8-12(9-24)4-5-16(13)27)19-17(22(31)28-10-14(29)11-33-28)18-20(34-19)25-23(32)26(2)21(18)30/h4-8,14-15,29H,3,10-11H2,1-2H3,(H,25,32)/t14-,15?/m0/s1. The minimum Gasteiger partial charge on any atom is -0.389 e. The molecule has 11 heteroatoms. The highest BCUT2D eigenvalue weighted by molar-refractivity contribution is 7.19. The smallest absolute Gasteiger partial charge is 0.329 e. The van der Waals surface area contributed by atoms with Gasteiger partial charge in [0, 0.05) is 29.0 Å². The van der Waals surface area contributed by atoms with E-state index in [0.717, 1.165) is 20.5 Å². The van der Waals surface area contributed by atoms with Gasteiger partial charge in [-0.05, 0) is 30.7 Å². The number of nitriles is 1. The average Bonchev–Trinajstić information content (AvgIpc) is 3.55. The summed E-state index contributed by atoms with van der Waals surface area (Å²) in [6, 6.07) is 9.08. The second-order valence-electron chi connectivity index (χ2n) is 8.19. The SMILES string of the molecule is CCC(c1sc2[nH]c(=O)n(C)c(=O)c2c1C(=O)N1C[C@H](O)CO1)n1ccc2cc(C#N)ccc21. The molecule has 1 aliphatic heterocycles. The molecule has 1 unspecified atom stereocenters. The van der Waals surface area contributed by atoms with Gasteiger partial charge in [0.05, 0.1) is 35.2 Å². The maximum absolute atomic E-state index is 13.6. The number of hydroxylamine groups is 2. The Morgan fingerprint density at radius 1 is 1.38 bits per heavy atom. The molecule has 1 aliphatic rings. The molecule has 0 saturated carbocycles. The number of benzene rings is 1. The highest BCUT2D eigenvalue weighted by atomic mass is 32.1. The monoisotopic (exact) mass is 479 g/mol. The van der Waals surface area contributed by atoms with Crippen LogP contribution in [-0.2, 0) is 11.9 Å². The number of hydrogen-bond acceptors (Lipinski definition) is 7. The van der Waals surface area contributed by atoms with Crippen LogP contribution in [-0.4, -0.2) is 49.5 Å². The average molecular weight is 480 g/mol. The van der Waals surface area contributed by atoms with E-state index >= 15 is 0 Å². The van der Waals surface area contributed by atoms with Gasteiger partial charge in [0.15, 0.2) is 0 Å². The van der Waals surface area contributed by atoms with E-state index in [1.807, 2.05) is 29.8 Å². The fourth-order valence-corrected chi connectivity index (χ4v) is 5.74. The number of nitrogens with zero attached hydrogens (tertiary/aromatic N) is 4. The third-order valence-electron chi connectivity index (χ3n) is 6.09. The van der Waals surface area contributed by atoms with E-state index in [1.54, 1.807) is 12.1 Å². The Balaban J connectivity index is 1.76. The van der Waals surface area contributed by atoms with Crippen LogP contribution in [0.4, 0.5) is 0 Å². The van der Waals surface area contributed by atoms with Gasteiger partial charge in [0.2, 0.25) is 0 Å². The molecule has 4 heterocycles. The van der Waals surface area contributed by atoms with Gasteiger partial charge in [-0.1, -0.05) is 6.92 Å². The number of carbonyl (C=O) groups is 1. The number of aliphatic hydroxyl groups excluding tert-OH is 1. The zero-order chi connectivity index (χ0) is 24.1. The molecule has 3 aromatic heterocycles. The predicted octanol–water partition coefficient (Wildman–Crippen LogP) is 1.86. The number of fused-ring (bicyclic) bond motifs is 2. The number of aromatic amines is 1. The molecule has 34 heavy (non-hydrogen) atoms. The van der Waals surface area contributed by atoms with E-state index in [2.05, 4.69) is 11.1 Å². The lowest BCUT2D eigenvalue weighted by Crippen LogP contribution is -2.34. The zero-order valence-electron chi connectivity index (χ0n) is 18.4. The summed E-state index contributed by atoms with van der Waals surface area (Å²) >= 11 is 1.19. The van der Waals surface area contributed by atoms with Crippen LogP contribution in [0.5, 0.6) is 0 Å². The summed E-state index contributed by atoms with van der Waals surface area (Å²) < 4.78 is 2.94. The molecule has 10 nitrogen and oxygen atoms in total. The van der Waals surface area contributed by atoms with Gasteiger partial charge in [-0.3, -0.25) is 24.0 Å². The third-order valence-corrected chi connectivity index (χ3v) is 7.30. The van der Waals surface area contributed by atoms with Crippen LogP contribution in [0.15, 0.2) is 40.1 Å². The van der Waals surface area contributed by atoms with Crippen LogP contribution < -0.4 is 11.2 Å². The second-order valence-corrected chi connectivity index (χ2v) is 9.24. The maximum Gasteiger partial charge on any atom is 0.329 e. The first-order valence-corrected chi connectivity index (χ1v) is 11.5. The number of hydrogen-bond donors (Lipinski definition) is 2. The first-order valence-electron chi connectivity index (χ1n) is 10.7. The van der Waals surface area contributed by atoms with Gasteiger partial charge in [-0.15, -0.1) is 11.3 Å². The number of H-pyrrole nitrogens is 1. The number of aliphatic hydroxyl groups is 1. The Hall–Kier alpha value is -3.72. The maximum atomic E-state index is 13.6. The van der Waals surface area contributed by atoms with Gasteiger partial charge < -0.3 is 9.67 Å². The van der Waals surface area contributed by atoms with Gasteiger partial charge in [0.1, 0.15) is 17.5 Å². The number of rotatable bonds is 4. The largest absolute Gasteiger partial charge is 0.389 e. The molecule has 174 valence electrons. The van der Waals surface area contributed by atoms with E-state index in [1.165, 1.54) is 18.4 Å². The normalized spacial score (nSPS) is 16.9. The van der Waals surface area contributed by atoms with Crippen LogP contribution in [0.2, 0.25) is 0 Å². The topological polar surface area (TPSA) is 133 Å². The van der Waals surface area contributed by atoms with Crippen molar-refractivity contribution in [1.82, 2.24) is 19.2 Å². The number of nitrogens with one attached hydrogen (secondary N) is 1. The Morgan fingerprint density at radius 3 is 2.85 bits per heavy atom. The third kappa shape index (κ3) is 3.35. The van der Waals surface area contributed by atoms with Crippen molar-refractivity contribution < 1.29 is 14.7 Å².